The SMILES string of the molecule is CN(C1CCCN(c2ncccn2)C1)S(C)(=O)=O. The summed E-state index contributed by atoms with van der Waals surface area (Å²) < 4.78 is 24.5. The standard InChI is InChI=1S/C11H18N4O2S/c1-14(18(2,16)17)10-5-3-8-15(9-10)11-12-6-4-7-13-11/h4,6-7,10H,3,5,8-9H2,1-2H3. The minimum atomic E-state index is -3.14. The van der Waals surface area contributed by atoms with E-state index in [-0.39, 0.29) is 6.04 Å². The smallest absolute Gasteiger partial charge is 0.225 e. The zero-order chi connectivity index (χ0) is 13.2. The number of nitrogens with zero attached hydrogens (tertiary/aromatic N) is 4. The molecule has 0 aromatic carbocycles. The lowest BCUT2D eigenvalue weighted by atomic mass is 10.1. The molecule has 0 N–H and O–H groups in total. The topological polar surface area (TPSA) is 66.4 Å². The molecule has 100 valence electrons. The third-order valence-corrected chi connectivity index (χ3v) is 4.61. The summed E-state index contributed by atoms with van der Waals surface area (Å²) in [6, 6.07) is 1.77. The van der Waals surface area contributed by atoms with Crippen LogP contribution < -0.4 is 4.90 Å². The van der Waals surface area contributed by atoms with Gasteiger partial charge in [-0.25, -0.2) is 22.7 Å². The molecule has 1 aliphatic rings. The van der Waals surface area contributed by atoms with Gasteiger partial charge in [0.1, 0.15) is 0 Å². The quantitative estimate of drug-likeness (QED) is 0.792. The van der Waals surface area contributed by atoms with Crippen LogP contribution in [0.4, 0.5) is 5.95 Å². The Kier molecular flexibility index (Phi) is 3.82. The first-order valence-electron chi connectivity index (χ1n) is 5.93. The number of hydrogen-bond donors (Lipinski definition) is 0. The average Bonchev–Trinajstić information content (AvgIpc) is 2.38. The van der Waals surface area contributed by atoms with E-state index < -0.39 is 10.0 Å². The normalized spacial score (nSPS) is 21.3. The van der Waals surface area contributed by atoms with Crippen LogP contribution in [0.5, 0.6) is 0 Å². The Balaban J connectivity index is 2.10. The van der Waals surface area contributed by atoms with Gasteiger partial charge >= 0.3 is 0 Å². The highest BCUT2D eigenvalue weighted by Gasteiger charge is 2.28. The first-order valence-corrected chi connectivity index (χ1v) is 7.78. The van der Waals surface area contributed by atoms with Crippen LogP contribution in [0, 0.1) is 0 Å². The summed E-state index contributed by atoms with van der Waals surface area (Å²) in [6.07, 6.45) is 6.47. The number of rotatable bonds is 3. The predicted octanol–water partition coefficient (Wildman–Crippen LogP) is 0.337. The van der Waals surface area contributed by atoms with E-state index >= 15 is 0 Å². The van der Waals surface area contributed by atoms with Gasteiger partial charge in [0.05, 0.1) is 6.26 Å². The summed E-state index contributed by atoms with van der Waals surface area (Å²) in [5, 5.41) is 0. The van der Waals surface area contributed by atoms with E-state index in [9.17, 15) is 8.42 Å². The van der Waals surface area contributed by atoms with Crippen molar-refractivity contribution in [1.82, 2.24) is 14.3 Å². The minimum absolute atomic E-state index is 0.00226. The molecule has 6 nitrogen and oxygen atoms in total. The Labute approximate surface area is 108 Å². The lowest BCUT2D eigenvalue weighted by molar-refractivity contribution is 0.320. The Morgan fingerprint density at radius 1 is 1.39 bits per heavy atom. The molecule has 0 spiro atoms. The van der Waals surface area contributed by atoms with E-state index in [0.29, 0.717) is 12.5 Å². The van der Waals surface area contributed by atoms with Crippen molar-refractivity contribution >= 4 is 16.0 Å². The molecule has 1 aromatic rings. The molecule has 0 radical (unpaired) electrons. The fraction of sp³-hybridized carbons (Fsp3) is 0.636. The number of anilines is 1. The van der Waals surface area contributed by atoms with Crippen molar-refractivity contribution in [2.75, 3.05) is 31.3 Å². The summed E-state index contributed by atoms with van der Waals surface area (Å²) in [4.78, 5) is 10.4. The van der Waals surface area contributed by atoms with Crippen LogP contribution in [0.3, 0.4) is 0 Å². The molecule has 2 heterocycles. The molecule has 0 aliphatic carbocycles. The maximum atomic E-state index is 11.5. The van der Waals surface area contributed by atoms with Crippen LogP contribution in [-0.4, -0.2) is 55.1 Å². The molecule has 2 rings (SSSR count). The van der Waals surface area contributed by atoms with E-state index in [4.69, 9.17) is 0 Å². The van der Waals surface area contributed by atoms with Gasteiger partial charge in [0, 0.05) is 38.6 Å². The summed E-state index contributed by atoms with van der Waals surface area (Å²) in [7, 11) is -1.51. The monoisotopic (exact) mass is 270 g/mol. The van der Waals surface area contributed by atoms with Crippen molar-refractivity contribution in [2.45, 2.75) is 18.9 Å². The highest BCUT2D eigenvalue weighted by atomic mass is 32.2. The van der Waals surface area contributed by atoms with Crippen LogP contribution in [0.2, 0.25) is 0 Å². The van der Waals surface area contributed by atoms with Crippen LogP contribution in [-0.2, 0) is 10.0 Å². The van der Waals surface area contributed by atoms with E-state index in [1.165, 1.54) is 10.6 Å². The van der Waals surface area contributed by atoms with Crippen LogP contribution in [0.1, 0.15) is 12.8 Å². The highest BCUT2D eigenvalue weighted by Crippen LogP contribution is 2.19. The zero-order valence-electron chi connectivity index (χ0n) is 10.7. The van der Waals surface area contributed by atoms with E-state index in [1.807, 2.05) is 4.90 Å². The van der Waals surface area contributed by atoms with Crippen molar-refractivity contribution in [3.05, 3.63) is 18.5 Å². The van der Waals surface area contributed by atoms with Gasteiger partial charge in [-0.1, -0.05) is 0 Å². The van der Waals surface area contributed by atoms with E-state index in [0.717, 1.165) is 19.4 Å². The molecule has 0 amide bonds. The number of hydrogen-bond acceptors (Lipinski definition) is 5. The third kappa shape index (κ3) is 2.97. The van der Waals surface area contributed by atoms with Gasteiger partial charge < -0.3 is 4.90 Å². The second-order valence-corrected chi connectivity index (χ2v) is 6.61. The second-order valence-electron chi connectivity index (χ2n) is 4.57. The van der Waals surface area contributed by atoms with Gasteiger partial charge in [-0.2, -0.15) is 0 Å². The average molecular weight is 270 g/mol. The summed E-state index contributed by atoms with van der Waals surface area (Å²) in [5.41, 5.74) is 0. The molecule has 18 heavy (non-hydrogen) atoms. The molecule has 1 saturated heterocycles. The van der Waals surface area contributed by atoms with Gasteiger partial charge in [0.15, 0.2) is 0 Å². The van der Waals surface area contributed by atoms with E-state index in [2.05, 4.69) is 9.97 Å². The van der Waals surface area contributed by atoms with Crippen molar-refractivity contribution in [3.63, 3.8) is 0 Å². The number of sulfonamides is 1. The van der Waals surface area contributed by atoms with Gasteiger partial charge in [-0.05, 0) is 18.9 Å². The maximum Gasteiger partial charge on any atom is 0.225 e. The molecular weight excluding hydrogens is 252 g/mol. The second kappa shape index (κ2) is 5.19. The number of likely N-dealkylation sites (N-methyl/N-ethyl adjacent to an activating group) is 1. The molecule has 1 fully saturated rings. The fourth-order valence-electron chi connectivity index (χ4n) is 2.16. The molecule has 1 atom stereocenters. The lowest BCUT2D eigenvalue weighted by Gasteiger charge is -2.36. The van der Waals surface area contributed by atoms with Crippen molar-refractivity contribution in [2.24, 2.45) is 0 Å². The number of piperidine rings is 1. The molecule has 1 unspecified atom stereocenters. The van der Waals surface area contributed by atoms with Gasteiger partial charge in [-0.3, -0.25) is 0 Å². The fourth-order valence-corrected chi connectivity index (χ4v) is 2.87. The van der Waals surface area contributed by atoms with Crippen molar-refractivity contribution in [3.8, 4) is 0 Å². The molecule has 0 saturated carbocycles. The van der Waals surface area contributed by atoms with Crippen LogP contribution in [0.15, 0.2) is 18.5 Å². The largest absolute Gasteiger partial charge is 0.339 e. The van der Waals surface area contributed by atoms with Crippen molar-refractivity contribution < 1.29 is 8.42 Å². The van der Waals surface area contributed by atoms with Gasteiger partial charge in [-0.15, -0.1) is 0 Å². The Morgan fingerprint density at radius 3 is 2.67 bits per heavy atom. The molecule has 7 heteroatoms. The molecular formula is C11H18N4O2S. The Morgan fingerprint density at radius 2 is 2.06 bits per heavy atom. The molecule has 1 aromatic heterocycles. The minimum Gasteiger partial charge on any atom is -0.339 e. The zero-order valence-corrected chi connectivity index (χ0v) is 11.5. The third-order valence-electron chi connectivity index (χ3n) is 3.27. The lowest BCUT2D eigenvalue weighted by Crippen LogP contribution is -2.48. The van der Waals surface area contributed by atoms with Gasteiger partial charge in [0.2, 0.25) is 16.0 Å². The molecule has 1 aliphatic heterocycles. The number of aromatic nitrogens is 2. The first kappa shape index (κ1) is 13.2. The van der Waals surface area contributed by atoms with Crippen LogP contribution >= 0.6 is 0 Å². The van der Waals surface area contributed by atoms with Gasteiger partial charge in [0.25, 0.3) is 0 Å². The van der Waals surface area contributed by atoms with Crippen LogP contribution in [0.25, 0.3) is 0 Å². The Bertz CT molecular complexity index is 491. The predicted molar refractivity (Wildman–Crippen MR) is 69.9 cm³/mol. The van der Waals surface area contributed by atoms with E-state index in [1.54, 1.807) is 25.5 Å². The molecule has 0 bridgehead atoms. The summed E-state index contributed by atoms with van der Waals surface area (Å²) in [6.45, 7) is 1.52. The van der Waals surface area contributed by atoms with Crippen molar-refractivity contribution in [1.29, 1.82) is 0 Å². The summed E-state index contributed by atoms with van der Waals surface area (Å²) in [5.74, 6) is 0.670. The highest BCUT2D eigenvalue weighted by molar-refractivity contribution is 7.88. The first-order chi connectivity index (χ1) is 8.48. The maximum absolute atomic E-state index is 11.5. The Hall–Kier alpha value is -1.21. The summed E-state index contributed by atoms with van der Waals surface area (Å²) >= 11 is 0.